The summed E-state index contributed by atoms with van der Waals surface area (Å²) in [6.07, 6.45) is 7.35. The zero-order valence-corrected chi connectivity index (χ0v) is 16.2. The Labute approximate surface area is 162 Å². The number of carbonyl (C=O) groups excluding carboxylic acids is 1. The minimum absolute atomic E-state index is 0.190. The fraction of sp³-hybridized carbons (Fsp3) is 0.682. The van der Waals surface area contributed by atoms with Crippen molar-refractivity contribution in [3.8, 4) is 0 Å². The van der Waals surface area contributed by atoms with Gasteiger partial charge >= 0.3 is 6.09 Å². The predicted octanol–water partition coefficient (Wildman–Crippen LogP) is 3.58. The first-order valence-corrected chi connectivity index (χ1v) is 10.5. The Bertz CT molecular complexity index is 599. The molecule has 148 valence electrons. The van der Waals surface area contributed by atoms with Crippen molar-refractivity contribution in [2.45, 2.75) is 51.2 Å². The minimum atomic E-state index is -0.190. The summed E-state index contributed by atoms with van der Waals surface area (Å²) >= 11 is 0. The number of piperidine rings is 1. The van der Waals surface area contributed by atoms with Crippen LogP contribution in [0.15, 0.2) is 30.3 Å². The van der Waals surface area contributed by atoms with Gasteiger partial charge in [0.15, 0.2) is 0 Å². The fourth-order valence-electron chi connectivity index (χ4n) is 4.57. The van der Waals surface area contributed by atoms with E-state index in [2.05, 4.69) is 5.32 Å². The smallest absolute Gasteiger partial charge is 0.410 e. The number of amides is 1. The van der Waals surface area contributed by atoms with E-state index in [4.69, 9.17) is 9.47 Å². The Balaban J connectivity index is 1.11. The van der Waals surface area contributed by atoms with Crippen molar-refractivity contribution in [3.05, 3.63) is 35.9 Å². The Morgan fingerprint density at radius 1 is 1.07 bits per heavy atom. The highest BCUT2D eigenvalue weighted by atomic mass is 16.6. The maximum absolute atomic E-state index is 12.2. The molecule has 0 radical (unpaired) electrons. The van der Waals surface area contributed by atoms with Crippen LogP contribution in [0, 0.1) is 11.3 Å². The lowest BCUT2D eigenvalue weighted by atomic mass is 9.69. The molecule has 2 aliphatic heterocycles. The molecule has 3 fully saturated rings. The molecular formula is C22H32N2O3. The van der Waals surface area contributed by atoms with Gasteiger partial charge in [0.1, 0.15) is 6.61 Å². The average Bonchev–Trinajstić information content (AvgIpc) is 2.71. The number of benzene rings is 1. The highest BCUT2D eigenvalue weighted by molar-refractivity contribution is 5.67. The van der Waals surface area contributed by atoms with E-state index >= 15 is 0 Å². The molecule has 5 heteroatoms. The quantitative estimate of drug-likeness (QED) is 0.858. The lowest BCUT2D eigenvalue weighted by molar-refractivity contribution is -0.0379. The zero-order valence-electron chi connectivity index (χ0n) is 16.2. The number of ether oxygens (including phenoxy) is 2. The third-order valence-electron chi connectivity index (χ3n) is 6.64. The van der Waals surface area contributed by atoms with E-state index in [1.54, 1.807) is 0 Å². The highest BCUT2D eigenvalue weighted by Crippen LogP contribution is 2.40. The van der Waals surface area contributed by atoms with Crippen LogP contribution in [0.2, 0.25) is 0 Å². The van der Waals surface area contributed by atoms with Crippen LogP contribution in [0.5, 0.6) is 0 Å². The molecule has 1 aromatic carbocycles. The first-order valence-electron chi connectivity index (χ1n) is 10.5. The molecule has 4 rings (SSSR count). The Morgan fingerprint density at radius 3 is 2.41 bits per heavy atom. The van der Waals surface area contributed by atoms with Gasteiger partial charge in [-0.15, -0.1) is 0 Å². The average molecular weight is 373 g/mol. The van der Waals surface area contributed by atoms with E-state index in [1.807, 2.05) is 35.2 Å². The van der Waals surface area contributed by atoms with Gasteiger partial charge in [0.05, 0.1) is 6.10 Å². The van der Waals surface area contributed by atoms with E-state index in [0.29, 0.717) is 24.0 Å². The fourth-order valence-corrected chi connectivity index (χ4v) is 4.57. The van der Waals surface area contributed by atoms with Gasteiger partial charge in [-0.1, -0.05) is 30.3 Å². The standard InChI is InChI=1S/C22H32N2O3/c25-21(27-15-18-4-2-1-3-5-18)24-12-8-19(9-13-24)14-26-20-6-10-22(11-7-20)16-23-17-22/h1-5,19-20,23H,6-17H2. The summed E-state index contributed by atoms with van der Waals surface area (Å²) in [5.74, 6) is 0.574. The molecular weight excluding hydrogens is 340 g/mol. The van der Waals surface area contributed by atoms with E-state index in [-0.39, 0.29) is 6.09 Å². The van der Waals surface area contributed by atoms with Crippen LogP contribution >= 0.6 is 0 Å². The van der Waals surface area contributed by atoms with E-state index in [1.165, 1.54) is 38.8 Å². The molecule has 27 heavy (non-hydrogen) atoms. The summed E-state index contributed by atoms with van der Waals surface area (Å²) in [5, 5.41) is 3.42. The van der Waals surface area contributed by atoms with Crippen LogP contribution in [0.4, 0.5) is 4.79 Å². The predicted molar refractivity (Wildman–Crippen MR) is 104 cm³/mol. The largest absolute Gasteiger partial charge is 0.445 e. The molecule has 2 heterocycles. The molecule has 0 atom stereocenters. The Morgan fingerprint density at radius 2 is 1.78 bits per heavy atom. The van der Waals surface area contributed by atoms with Crippen molar-refractivity contribution in [2.24, 2.45) is 11.3 Å². The van der Waals surface area contributed by atoms with Gasteiger partial charge < -0.3 is 19.7 Å². The van der Waals surface area contributed by atoms with Gasteiger partial charge in [-0.2, -0.15) is 0 Å². The first kappa shape index (κ1) is 18.8. The molecule has 0 bridgehead atoms. The molecule has 0 aromatic heterocycles. The summed E-state index contributed by atoms with van der Waals surface area (Å²) in [7, 11) is 0. The van der Waals surface area contributed by atoms with E-state index in [9.17, 15) is 4.79 Å². The molecule has 1 amide bonds. The summed E-state index contributed by atoms with van der Waals surface area (Å²) < 4.78 is 11.7. The summed E-state index contributed by atoms with van der Waals surface area (Å²) in [4.78, 5) is 14.1. The van der Waals surface area contributed by atoms with Gasteiger partial charge in [0.2, 0.25) is 0 Å². The van der Waals surface area contributed by atoms with E-state index < -0.39 is 0 Å². The van der Waals surface area contributed by atoms with Gasteiger partial charge in [-0.05, 0) is 55.4 Å². The monoisotopic (exact) mass is 372 g/mol. The topological polar surface area (TPSA) is 50.8 Å². The second-order valence-corrected chi connectivity index (χ2v) is 8.61. The van der Waals surface area contributed by atoms with Gasteiger partial charge in [-0.25, -0.2) is 4.79 Å². The van der Waals surface area contributed by atoms with Crippen molar-refractivity contribution in [1.82, 2.24) is 10.2 Å². The summed E-state index contributed by atoms with van der Waals surface area (Å²) in [6.45, 7) is 5.17. The van der Waals surface area contributed by atoms with Crippen molar-refractivity contribution >= 4 is 6.09 Å². The number of nitrogens with one attached hydrogen (secondary N) is 1. The molecule has 1 aromatic rings. The SMILES string of the molecule is O=C(OCc1ccccc1)N1CCC(COC2CCC3(CC2)CNC3)CC1. The van der Waals surface area contributed by atoms with Gasteiger partial charge in [0.25, 0.3) is 0 Å². The normalized spacial score (nSPS) is 23.2. The van der Waals surface area contributed by atoms with Crippen LogP contribution in [-0.2, 0) is 16.1 Å². The van der Waals surface area contributed by atoms with Crippen molar-refractivity contribution < 1.29 is 14.3 Å². The lowest BCUT2D eigenvalue weighted by Crippen LogP contribution is -2.55. The molecule has 5 nitrogen and oxygen atoms in total. The first-order chi connectivity index (χ1) is 13.2. The summed E-state index contributed by atoms with van der Waals surface area (Å²) in [6, 6.07) is 9.85. The number of nitrogens with zero attached hydrogens (tertiary/aromatic N) is 1. The highest BCUT2D eigenvalue weighted by Gasteiger charge is 2.40. The molecule has 2 saturated heterocycles. The van der Waals surface area contributed by atoms with E-state index in [0.717, 1.165) is 38.1 Å². The number of hydrogen-bond acceptors (Lipinski definition) is 4. The van der Waals surface area contributed by atoms with Crippen molar-refractivity contribution in [1.29, 1.82) is 0 Å². The van der Waals surface area contributed by atoms with Crippen LogP contribution in [0.1, 0.15) is 44.1 Å². The summed E-state index contributed by atoms with van der Waals surface area (Å²) in [5.41, 5.74) is 1.63. The van der Waals surface area contributed by atoms with Gasteiger partial charge in [0, 0.05) is 32.8 Å². The number of likely N-dealkylation sites (tertiary alicyclic amines) is 1. The Hall–Kier alpha value is -1.59. The number of carbonyl (C=O) groups is 1. The minimum Gasteiger partial charge on any atom is -0.445 e. The third kappa shape index (κ3) is 4.82. The van der Waals surface area contributed by atoms with Crippen LogP contribution in [0.25, 0.3) is 0 Å². The van der Waals surface area contributed by atoms with Crippen molar-refractivity contribution in [3.63, 3.8) is 0 Å². The number of rotatable bonds is 5. The molecule has 1 aliphatic carbocycles. The van der Waals surface area contributed by atoms with Crippen LogP contribution in [0.3, 0.4) is 0 Å². The van der Waals surface area contributed by atoms with Crippen LogP contribution in [-0.4, -0.2) is 49.9 Å². The second kappa shape index (κ2) is 8.61. The van der Waals surface area contributed by atoms with Crippen molar-refractivity contribution in [2.75, 3.05) is 32.8 Å². The maximum atomic E-state index is 12.2. The maximum Gasteiger partial charge on any atom is 0.410 e. The second-order valence-electron chi connectivity index (χ2n) is 8.61. The molecule has 3 aliphatic rings. The number of hydrogen-bond donors (Lipinski definition) is 1. The zero-order chi connectivity index (χ0) is 18.5. The molecule has 0 unspecified atom stereocenters. The Kier molecular flexibility index (Phi) is 5.98. The molecule has 1 saturated carbocycles. The molecule has 1 spiro atoms. The van der Waals surface area contributed by atoms with Gasteiger partial charge in [-0.3, -0.25) is 0 Å². The lowest BCUT2D eigenvalue weighted by Gasteiger charge is -2.47. The van der Waals surface area contributed by atoms with Crippen LogP contribution < -0.4 is 5.32 Å². The third-order valence-corrected chi connectivity index (χ3v) is 6.64. The molecule has 1 N–H and O–H groups in total.